The fourth-order valence-corrected chi connectivity index (χ4v) is 3.20. The van der Waals surface area contributed by atoms with Crippen LogP contribution in [0.5, 0.6) is 0 Å². The molecule has 2 saturated heterocycles. The van der Waals surface area contributed by atoms with Gasteiger partial charge < -0.3 is 10.1 Å². The minimum absolute atomic E-state index is 0.0692. The van der Waals surface area contributed by atoms with Crippen molar-refractivity contribution in [2.75, 3.05) is 32.1 Å². The second-order valence-corrected chi connectivity index (χ2v) is 5.72. The zero-order chi connectivity index (χ0) is 10.0. The van der Waals surface area contributed by atoms with Crippen LogP contribution in [-0.4, -0.2) is 50.9 Å². The predicted octanol–water partition coefficient (Wildman–Crippen LogP) is -0.642. The molecular weight excluding hydrogens is 204 g/mol. The van der Waals surface area contributed by atoms with Crippen molar-refractivity contribution in [1.82, 2.24) is 9.62 Å². The van der Waals surface area contributed by atoms with E-state index in [1.54, 1.807) is 4.31 Å². The highest BCUT2D eigenvalue weighted by atomic mass is 32.2. The van der Waals surface area contributed by atoms with Crippen molar-refractivity contribution < 1.29 is 13.2 Å². The molecule has 14 heavy (non-hydrogen) atoms. The van der Waals surface area contributed by atoms with E-state index in [-0.39, 0.29) is 12.0 Å². The van der Waals surface area contributed by atoms with E-state index in [0.717, 1.165) is 26.0 Å². The summed E-state index contributed by atoms with van der Waals surface area (Å²) in [5.41, 5.74) is 0. The third-order valence-electron chi connectivity index (χ3n) is 2.65. The lowest BCUT2D eigenvalue weighted by Gasteiger charge is -2.28. The van der Waals surface area contributed by atoms with Gasteiger partial charge >= 0.3 is 0 Å². The highest BCUT2D eigenvalue weighted by Gasteiger charge is 2.29. The van der Waals surface area contributed by atoms with Gasteiger partial charge in [-0.05, 0) is 12.8 Å². The largest absolute Gasteiger partial charge is 0.377 e. The van der Waals surface area contributed by atoms with Gasteiger partial charge in [-0.25, -0.2) is 8.42 Å². The van der Waals surface area contributed by atoms with Gasteiger partial charge in [0, 0.05) is 26.2 Å². The monoisotopic (exact) mass is 220 g/mol. The van der Waals surface area contributed by atoms with Crippen molar-refractivity contribution in [2.24, 2.45) is 0 Å². The van der Waals surface area contributed by atoms with Gasteiger partial charge in [-0.15, -0.1) is 0 Å². The molecule has 2 fully saturated rings. The lowest BCUT2D eigenvalue weighted by Crippen LogP contribution is -2.49. The molecule has 0 radical (unpaired) electrons. The smallest absolute Gasteiger partial charge is 0.227 e. The Hall–Kier alpha value is -0.170. The van der Waals surface area contributed by atoms with Gasteiger partial charge in [0.25, 0.3) is 0 Å². The molecule has 1 atom stereocenters. The van der Waals surface area contributed by atoms with Crippen LogP contribution in [0.1, 0.15) is 12.8 Å². The number of sulfonamides is 1. The summed E-state index contributed by atoms with van der Waals surface area (Å²) < 4.78 is 30.1. The lowest BCUT2D eigenvalue weighted by molar-refractivity contribution is 0.0929. The lowest BCUT2D eigenvalue weighted by atomic mass is 10.2. The van der Waals surface area contributed by atoms with Crippen molar-refractivity contribution in [3.63, 3.8) is 0 Å². The molecule has 0 spiro atoms. The third kappa shape index (κ3) is 2.25. The van der Waals surface area contributed by atoms with Crippen molar-refractivity contribution in [1.29, 1.82) is 0 Å². The van der Waals surface area contributed by atoms with Crippen LogP contribution in [0.2, 0.25) is 0 Å². The quantitative estimate of drug-likeness (QED) is 0.672. The molecule has 82 valence electrons. The van der Waals surface area contributed by atoms with Gasteiger partial charge in [-0.2, -0.15) is 4.31 Å². The number of rotatable bonds is 2. The molecule has 2 aliphatic heterocycles. The Bertz CT molecular complexity index is 285. The summed E-state index contributed by atoms with van der Waals surface area (Å²) in [6, 6.07) is 0. The van der Waals surface area contributed by atoms with Gasteiger partial charge in [0.2, 0.25) is 10.0 Å². The van der Waals surface area contributed by atoms with Gasteiger partial charge in [0.1, 0.15) is 5.88 Å². The summed E-state index contributed by atoms with van der Waals surface area (Å²) in [6.07, 6.45) is 2.15. The average molecular weight is 220 g/mol. The first-order chi connectivity index (χ1) is 6.68. The number of ether oxygens (including phenoxy) is 1. The molecule has 0 aromatic carbocycles. The van der Waals surface area contributed by atoms with E-state index in [0.29, 0.717) is 13.1 Å². The minimum Gasteiger partial charge on any atom is -0.377 e. The summed E-state index contributed by atoms with van der Waals surface area (Å²) in [4.78, 5) is 0. The first-order valence-corrected chi connectivity index (χ1v) is 6.59. The van der Waals surface area contributed by atoms with Crippen LogP contribution < -0.4 is 5.32 Å². The van der Waals surface area contributed by atoms with E-state index in [9.17, 15) is 8.42 Å². The third-order valence-corrected chi connectivity index (χ3v) is 4.33. The average Bonchev–Trinajstić information content (AvgIpc) is 2.61. The first-order valence-electron chi connectivity index (χ1n) is 4.99. The van der Waals surface area contributed by atoms with E-state index in [1.807, 2.05) is 0 Å². The molecule has 2 aliphatic rings. The van der Waals surface area contributed by atoms with Gasteiger partial charge in [-0.3, -0.25) is 0 Å². The minimum atomic E-state index is -3.07. The van der Waals surface area contributed by atoms with Crippen molar-refractivity contribution in [2.45, 2.75) is 18.9 Å². The first kappa shape index (κ1) is 10.4. The van der Waals surface area contributed by atoms with E-state index in [2.05, 4.69) is 5.32 Å². The van der Waals surface area contributed by atoms with Crippen LogP contribution in [0.4, 0.5) is 0 Å². The molecule has 2 rings (SSSR count). The summed E-state index contributed by atoms with van der Waals surface area (Å²) in [5, 5.41) is 2.86. The zero-order valence-electron chi connectivity index (χ0n) is 8.11. The standard InChI is InChI=1S/C8H16N2O3S/c11-14(12)7-9-3-4-10(14)6-8-2-1-5-13-8/h8-9H,1-7H2. The fraction of sp³-hybridized carbons (Fsp3) is 1.00. The maximum absolute atomic E-state index is 11.6. The second-order valence-electron chi connectivity index (χ2n) is 3.75. The van der Waals surface area contributed by atoms with E-state index < -0.39 is 10.0 Å². The molecule has 0 aromatic heterocycles. The summed E-state index contributed by atoms with van der Waals surface area (Å²) in [7, 11) is -3.07. The Morgan fingerprint density at radius 2 is 2.36 bits per heavy atom. The Morgan fingerprint density at radius 1 is 1.50 bits per heavy atom. The molecule has 0 aromatic rings. The Morgan fingerprint density at radius 3 is 3.00 bits per heavy atom. The van der Waals surface area contributed by atoms with Crippen molar-refractivity contribution in [3.8, 4) is 0 Å². The molecule has 0 aliphatic carbocycles. The Labute approximate surface area is 84.5 Å². The van der Waals surface area contributed by atoms with Gasteiger partial charge in [0.15, 0.2) is 0 Å². The van der Waals surface area contributed by atoms with Crippen LogP contribution >= 0.6 is 0 Å². The molecule has 0 bridgehead atoms. The van der Waals surface area contributed by atoms with Crippen LogP contribution in [-0.2, 0) is 14.8 Å². The highest BCUT2D eigenvalue weighted by Crippen LogP contribution is 2.15. The number of nitrogens with zero attached hydrogens (tertiary/aromatic N) is 1. The summed E-state index contributed by atoms with van der Waals surface area (Å²) in [6.45, 7) is 2.62. The maximum atomic E-state index is 11.6. The molecule has 0 saturated carbocycles. The molecule has 1 N–H and O–H groups in total. The number of hydrogen-bond donors (Lipinski definition) is 1. The summed E-state index contributed by atoms with van der Waals surface area (Å²) >= 11 is 0. The fourth-order valence-electron chi connectivity index (χ4n) is 1.86. The molecule has 0 amide bonds. The van der Waals surface area contributed by atoms with Crippen LogP contribution in [0.25, 0.3) is 0 Å². The second kappa shape index (κ2) is 4.14. The zero-order valence-corrected chi connectivity index (χ0v) is 8.92. The predicted molar refractivity (Wildman–Crippen MR) is 52.3 cm³/mol. The maximum Gasteiger partial charge on any atom is 0.227 e. The van der Waals surface area contributed by atoms with Crippen LogP contribution in [0, 0.1) is 0 Å². The Kier molecular flexibility index (Phi) is 3.06. The molecular formula is C8H16N2O3S. The SMILES string of the molecule is O=S1(=O)CNCCN1CC1CCCO1. The van der Waals surface area contributed by atoms with E-state index in [1.165, 1.54) is 0 Å². The number of hydrogen-bond acceptors (Lipinski definition) is 4. The van der Waals surface area contributed by atoms with Crippen LogP contribution in [0.3, 0.4) is 0 Å². The van der Waals surface area contributed by atoms with Gasteiger partial charge in [-0.1, -0.05) is 0 Å². The van der Waals surface area contributed by atoms with E-state index in [4.69, 9.17) is 4.74 Å². The van der Waals surface area contributed by atoms with Crippen LogP contribution in [0.15, 0.2) is 0 Å². The number of nitrogens with one attached hydrogen (secondary N) is 1. The molecule has 5 nitrogen and oxygen atoms in total. The molecule has 6 heteroatoms. The topological polar surface area (TPSA) is 58.6 Å². The normalized spacial score (nSPS) is 33.3. The van der Waals surface area contributed by atoms with Gasteiger partial charge in [0.05, 0.1) is 6.10 Å². The Balaban J connectivity index is 1.94. The molecule has 1 unspecified atom stereocenters. The van der Waals surface area contributed by atoms with Crippen molar-refractivity contribution >= 4 is 10.0 Å². The summed E-state index contributed by atoms with van der Waals surface area (Å²) in [5.74, 6) is 0.0692. The molecule has 2 heterocycles. The highest BCUT2D eigenvalue weighted by molar-refractivity contribution is 7.89. The van der Waals surface area contributed by atoms with Crippen molar-refractivity contribution in [3.05, 3.63) is 0 Å². The van der Waals surface area contributed by atoms with E-state index >= 15 is 0 Å².